The van der Waals surface area contributed by atoms with Crippen molar-refractivity contribution in [1.29, 1.82) is 0 Å². The average Bonchev–Trinajstić information content (AvgIpc) is 2.59. The van der Waals surface area contributed by atoms with Crippen molar-refractivity contribution < 1.29 is 14.3 Å². The van der Waals surface area contributed by atoms with Crippen LogP contribution in [0.15, 0.2) is 66.7 Å². The van der Waals surface area contributed by atoms with Gasteiger partial charge in [0, 0.05) is 5.56 Å². The van der Waals surface area contributed by atoms with Gasteiger partial charge in [-0.2, -0.15) is 0 Å². The highest BCUT2D eigenvalue weighted by molar-refractivity contribution is 6.09. The fourth-order valence-corrected chi connectivity index (χ4v) is 2.45. The van der Waals surface area contributed by atoms with Crippen molar-refractivity contribution in [1.82, 2.24) is 0 Å². The number of benzene rings is 3. The van der Waals surface area contributed by atoms with E-state index in [1.807, 2.05) is 55.5 Å². The summed E-state index contributed by atoms with van der Waals surface area (Å²) < 4.78 is 5.14. The molecule has 0 amide bonds. The van der Waals surface area contributed by atoms with E-state index in [0.717, 1.165) is 16.3 Å². The summed E-state index contributed by atoms with van der Waals surface area (Å²) in [5.41, 5.74) is 2.08. The van der Waals surface area contributed by atoms with E-state index in [2.05, 4.69) is 0 Å². The van der Waals surface area contributed by atoms with Crippen LogP contribution in [0.1, 0.15) is 26.3 Å². The molecule has 3 rings (SSSR count). The second kappa shape index (κ2) is 6.44. The molecule has 0 unspecified atom stereocenters. The smallest absolute Gasteiger partial charge is 0.338 e. The topological polar surface area (TPSA) is 43.4 Å². The molecule has 0 aliphatic carbocycles. The van der Waals surface area contributed by atoms with Gasteiger partial charge in [0.1, 0.15) is 0 Å². The molecule has 23 heavy (non-hydrogen) atoms. The van der Waals surface area contributed by atoms with E-state index in [-0.39, 0.29) is 12.4 Å². The van der Waals surface area contributed by atoms with E-state index in [9.17, 15) is 9.59 Å². The highest BCUT2D eigenvalue weighted by Gasteiger charge is 2.13. The maximum absolute atomic E-state index is 12.4. The zero-order valence-corrected chi connectivity index (χ0v) is 12.8. The molecule has 0 aromatic heterocycles. The van der Waals surface area contributed by atoms with Crippen LogP contribution < -0.4 is 0 Å². The molecule has 3 heteroatoms. The van der Waals surface area contributed by atoms with Gasteiger partial charge in [0.2, 0.25) is 5.78 Å². The molecule has 0 radical (unpaired) electrons. The molecule has 3 nitrogen and oxygen atoms in total. The first kappa shape index (κ1) is 15.0. The lowest BCUT2D eigenvalue weighted by Gasteiger charge is -2.07. The number of hydrogen-bond acceptors (Lipinski definition) is 3. The Morgan fingerprint density at radius 2 is 1.57 bits per heavy atom. The van der Waals surface area contributed by atoms with Crippen LogP contribution in [-0.4, -0.2) is 18.4 Å². The molecule has 3 aromatic rings. The van der Waals surface area contributed by atoms with Crippen molar-refractivity contribution in [2.75, 3.05) is 6.61 Å². The maximum Gasteiger partial charge on any atom is 0.338 e. The summed E-state index contributed by atoms with van der Waals surface area (Å²) in [6.45, 7) is 1.68. The first-order valence-electron chi connectivity index (χ1n) is 7.40. The Hall–Kier alpha value is -2.94. The van der Waals surface area contributed by atoms with Gasteiger partial charge in [-0.15, -0.1) is 0 Å². The van der Waals surface area contributed by atoms with E-state index in [0.29, 0.717) is 11.1 Å². The molecule has 0 heterocycles. The van der Waals surface area contributed by atoms with Crippen molar-refractivity contribution in [3.05, 3.63) is 83.4 Å². The first-order chi connectivity index (χ1) is 11.1. The quantitative estimate of drug-likeness (QED) is 0.536. The summed E-state index contributed by atoms with van der Waals surface area (Å²) in [6, 6.07) is 20.2. The summed E-state index contributed by atoms with van der Waals surface area (Å²) in [7, 11) is 0. The molecule has 0 saturated heterocycles. The maximum atomic E-state index is 12.4. The summed E-state index contributed by atoms with van der Waals surface area (Å²) in [5, 5.41) is 1.86. The number of ketones is 1. The van der Waals surface area contributed by atoms with Gasteiger partial charge in [-0.3, -0.25) is 4.79 Å². The van der Waals surface area contributed by atoms with E-state index in [1.165, 1.54) is 0 Å². The lowest BCUT2D eigenvalue weighted by atomic mass is 10.0. The summed E-state index contributed by atoms with van der Waals surface area (Å²) in [4.78, 5) is 24.4. The first-order valence-corrected chi connectivity index (χ1v) is 7.40. The van der Waals surface area contributed by atoms with Gasteiger partial charge in [0.15, 0.2) is 6.61 Å². The summed E-state index contributed by atoms with van der Waals surface area (Å²) in [6.07, 6.45) is 0. The number of fused-ring (bicyclic) bond motifs is 1. The fraction of sp³-hybridized carbons (Fsp3) is 0.100. The number of ether oxygens (including phenoxy) is 1. The Bertz CT molecular complexity index is 858. The highest BCUT2D eigenvalue weighted by atomic mass is 16.5. The zero-order valence-electron chi connectivity index (χ0n) is 12.8. The standard InChI is InChI=1S/C20H16O3/c1-14-9-11-16(12-10-14)20(22)23-13-19(21)18-8-4-6-15-5-2-3-7-17(15)18/h2-12H,13H2,1H3. The second-order valence-corrected chi connectivity index (χ2v) is 5.39. The molecule has 0 fully saturated rings. The monoisotopic (exact) mass is 304 g/mol. The normalized spacial score (nSPS) is 10.5. The van der Waals surface area contributed by atoms with Crippen molar-refractivity contribution in [3.63, 3.8) is 0 Å². The highest BCUT2D eigenvalue weighted by Crippen LogP contribution is 2.19. The zero-order chi connectivity index (χ0) is 16.2. The van der Waals surface area contributed by atoms with Gasteiger partial charge in [-0.1, -0.05) is 60.2 Å². The molecule has 0 atom stereocenters. The van der Waals surface area contributed by atoms with Crippen LogP contribution in [0.4, 0.5) is 0 Å². The Morgan fingerprint density at radius 3 is 2.35 bits per heavy atom. The van der Waals surface area contributed by atoms with Gasteiger partial charge in [-0.05, 0) is 29.8 Å². The Labute approximate surface area is 134 Å². The molecular weight excluding hydrogens is 288 g/mol. The third-order valence-corrected chi connectivity index (χ3v) is 3.71. The Balaban J connectivity index is 1.74. The molecule has 0 N–H and O–H groups in total. The van der Waals surface area contributed by atoms with E-state index >= 15 is 0 Å². The van der Waals surface area contributed by atoms with Crippen molar-refractivity contribution in [2.24, 2.45) is 0 Å². The molecule has 0 saturated carbocycles. The third-order valence-electron chi connectivity index (χ3n) is 3.71. The number of rotatable bonds is 4. The second-order valence-electron chi connectivity index (χ2n) is 5.39. The van der Waals surface area contributed by atoms with Gasteiger partial charge in [0.05, 0.1) is 5.56 Å². The van der Waals surface area contributed by atoms with E-state index in [1.54, 1.807) is 18.2 Å². The summed E-state index contributed by atoms with van der Waals surface area (Å²) >= 11 is 0. The largest absolute Gasteiger partial charge is 0.454 e. The predicted molar refractivity (Wildman–Crippen MR) is 89.7 cm³/mol. The van der Waals surface area contributed by atoms with Crippen LogP contribution in [0, 0.1) is 6.92 Å². The minimum atomic E-state index is -0.487. The van der Waals surface area contributed by atoms with Gasteiger partial charge in [-0.25, -0.2) is 4.79 Å². The van der Waals surface area contributed by atoms with Crippen LogP contribution >= 0.6 is 0 Å². The lowest BCUT2D eigenvalue weighted by molar-refractivity contribution is 0.0475. The van der Waals surface area contributed by atoms with Crippen LogP contribution in [0.25, 0.3) is 10.8 Å². The molecule has 0 bridgehead atoms. The van der Waals surface area contributed by atoms with E-state index in [4.69, 9.17) is 4.74 Å². The summed E-state index contributed by atoms with van der Waals surface area (Å²) in [5.74, 6) is -0.694. The van der Waals surface area contributed by atoms with E-state index < -0.39 is 5.97 Å². The minimum Gasteiger partial charge on any atom is -0.454 e. The third kappa shape index (κ3) is 3.29. The SMILES string of the molecule is Cc1ccc(C(=O)OCC(=O)c2cccc3ccccc23)cc1. The van der Waals surface area contributed by atoms with Gasteiger partial charge >= 0.3 is 5.97 Å². The lowest BCUT2D eigenvalue weighted by Crippen LogP contribution is -2.14. The number of aryl methyl sites for hydroxylation is 1. The molecule has 0 aliphatic rings. The Morgan fingerprint density at radius 1 is 0.870 bits per heavy atom. The van der Waals surface area contributed by atoms with Crippen molar-refractivity contribution >= 4 is 22.5 Å². The van der Waals surface area contributed by atoms with Crippen LogP contribution in [-0.2, 0) is 4.74 Å². The molecule has 114 valence electrons. The fourth-order valence-electron chi connectivity index (χ4n) is 2.45. The van der Waals surface area contributed by atoms with Crippen LogP contribution in [0.5, 0.6) is 0 Å². The number of carbonyl (C=O) groups is 2. The van der Waals surface area contributed by atoms with Gasteiger partial charge in [0.25, 0.3) is 0 Å². The van der Waals surface area contributed by atoms with Gasteiger partial charge < -0.3 is 4.74 Å². The number of esters is 1. The van der Waals surface area contributed by atoms with Crippen molar-refractivity contribution in [3.8, 4) is 0 Å². The average molecular weight is 304 g/mol. The number of carbonyl (C=O) groups excluding carboxylic acids is 2. The Kier molecular flexibility index (Phi) is 4.20. The predicted octanol–water partition coefficient (Wildman–Crippen LogP) is 4.19. The van der Waals surface area contributed by atoms with Crippen molar-refractivity contribution in [2.45, 2.75) is 6.92 Å². The minimum absolute atomic E-state index is 0.206. The molecular formula is C20H16O3. The molecule has 0 spiro atoms. The number of Topliss-reactive ketones (excluding diaryl/α,β-unsaturated/α-hetero) is 1. The number of hydrogen-bond donors (Lipinski definition) is 0. The van der Waals surface area contributed by atoms with Crippen LogP contribution in [0.3, 0.4) is 0 Å². The molecule has 0 aliphatic heterocycles. The van der Waals surface area contributed by atoms with Crippen LogP contribution in [0.2, 0.25) is 0 Å². The molecule has 3 aromatic carbocycles.